The number of carbonyl (C=O) groups excluding carboxylic acids is 3. The van der Waals surface area contributed by atoms with Gasteiger partial charge in [0.15, 0.2) is 0 Å². The summed E-state index contributed by atoms with van der Waals surface area (Å²) in [5.74, 6) is -0.677. The molecular weight excluding hydrogens is 554 g/mol. The number of carbonyl (C=O) groups is 3. The van der Waals surface area contributed by atoms with E-state index in [1.807, 2.05) is 42.5 Å². The molecule has 0 bridgehead atoms. The predicted octanol–water partition coefficient (Wildman–Crippen LogP) is 4.37. The summed E-state index contributed by atoms with van der Waals surface area (Å²) in [6.45, 7) is 4.16. The number of rotatable bonds is 6. The normalized spacial score (nSPS) is 20.6. The fourth-order valence-corrected chi connectivity index (χ4v) is 6.63. The number of imide groups is 1. The largest absolute Gasteiger partial charge is 0.379 e. The van der Waals surface area contributed by atoms with E-state index in [2.05, 4.69) is 15.2 Å². The van der Waals surface area contributed by atoms with Crippen LogP contribution in [0.15, 0.2) is 72.8 Å². The van der Waals surface area contributed by atoms with Gasteiger partial charge in [0.2, 0.25) is 0 Å². The number of hydrogen-bond acceptors (Lipinski definition) is 5. The number of hydrogen-bond donors (Lipinski definition) is 2. The van der Waals surface area contributed by atoms with Crippen LogP contribution in [-0.2, 0) is 16.0 Å². The van der Waals surface area contributed by atoms with Crippen LogP contribution in [-0.4, -0.2) is 78.1 Å². The van der Waals surface area contributed by atoms with Crippen LogP contribution in [0.2, 0.25) is 5.02 Å². The molecule has 4 heterocycles. The molecule has 3 aliphatic heterocycles. The van der Waals surface area contributed by atoms with Gasteiger partial charge in [-0.2, -0.15) is 0 Å². The van der Waals surface area contributed by atoms with Gasteiger partial charge in [0.25, 0.3) is 11.8 Å². The van der Waals surface area contributed by atoms with Crippen molar-refractivity contribution < 1.29 is 19.1 Å². The van der Waals surface area contributed by atoms with Crippen LogP contribution in [0.3, 0.4) is 0 Å². The minimum Gasteiger partial charge on any atom is -0.379 e. The van der Waals surface area contributed by atoms with Gasteiger partial charge in [-0.05, 0) is 41.5 Å². The molecule has 0 saturated carbocycles. The highest BCUT2D eigenvalue weighted by atomic mass is 35.5. The van der Waals surface area contributed by atoms with Gasteiger partial charge in [0.1, 0.15) is 12.1 Å². The number of anilines is 1. The van der Waals surface area contributed by atoms with Crippen LogP contribution < -0.4 is 10.2 Å². The summed E-state index contributed by atoms with van der Waals surface area (Å²) in [6, 6.07) is 20.4. The summed E-state index contributed by atoms with van der Waals surface area (Å²) >= 11 is 6.40. The number of halogens is 1. The van der Waals surface area contributed by atoms with Crippen molar-refractivity contribution in [2.45, 2.75) is 18.5 Å². The molecule has 1 aromatic heterocycles. The number of aromatic nitrogens is 1. The molecule has 0 aliphatic carbocycles. The maximum Gasteiger partial charge on any atom is 0.332 e. The highest BCUT2D eigenvalue weighted by Crippen LogP contribution is 2.45. The van der Waals surface area contributed by atoms with Crippen molar-refractivity contribution in [3.05, 3.63) is 100 Å². The number of fused-ring (bicyclic) bond motifs is 4. The Morgan fingerprint density at radius 3 is 2.62 bits per heavy atom. The van der Waals surface area contributed by atoms with E-state index in [1.54, 1.807) is 35.2 Å². The number of benzene rings is 3. The molecule has 4 amide bonds. The third-order valence-electron chi connectivity index (χ3n) is 8.42. The quantitative estimate of drug-likeness (QED) is 0.329. The van der Waals surface area contributed by atoms with Crippen molar-refractivity contribution in [2.75, 3.05) is 44.3 Å². The van der Waals surface area contributed by atoms with Gasteiger partial charge in [0, 0.05) is 54.2 Å². The topological polar surface area (TPSA) is 98.0 Å². The van der Waals surface area contributed by atoms with Gasteiger partial charge < -0.3 is 15.0 Å². The maximum atomic E-state index is 14.3. The van der Waals surface area contributed by atoms with E-state index in [9.17, 15) is 14.4 Å². The molecule has 3 aliphatic rings. The van der Waals surface area contributed by atoms with E-state index < -0.39 is 18.1 Å². The van der Waals surface area contributed by atoms with E-state index in [0.717, 1.165) is 40.8 Å². The Bertz CT molecular complexity index is 1700. The smallest absolute Gasteiger partial charge is 0.332 e. The first-order chi connectivity index (χ1) is 20.5. The number of aromatic amines is 1. The molecule has 9 nitrogen and oxygen atoms in total. The fourth-order valence-electron chi connectivity index (χ4n) is 6.43. The first-order valence-electron chi connectivity index (χ1n) is 14.2. The molecule has 2 atom stereocenters. The lowest BCUT2D eigenvalue weighted by Crippen LogP contribution is -2.44. The minimum atomic E-state index is -0.731. The number of nitrogens with one attached hydrogen (secondary N) is 2. The lowest BCUT2D eigenvalue weighted by molar-refractivity contribution is -0.120. The SMILES string of the molecule is O=C(NCCN1CCOCC1)c1ccccc1N1C(=O)[C@@H]2Cc3c([nH]c4ccccc34)[C@@H](c3cccc(Cl)c3)N2C1=O. The highest BCUT2D eigenvalue weighted by molar-refractivity contribution is 6.30. The second-order valence-electron chi connectivity index (χ2n) is 10.8. The van der Waals surface area contributed by atoms with Crippen LogP contribution in [0, 0.1) is 0 Å². The second kappa shape index (κ2) is 10.9. The molecule has 42 heavy (non-hydrogen) atoms. The Hall–Kier alpha value is -4.18. The molecule has 2 fully saturated rings. The summed E-state index contributed by atoms with van der Waals surface area (Å²) in [5.41, 5.74) is 4.19. The van der Waals surface area contributed by atoms with E-state index in [4.69, 9.17) is 16.3 Å². The lowest BCUT2D eigenvalue weighted by atomic mass is 9.89. The van der Waals surface area contributed by atoms with Gasteiger partial charge in [0.05, 0.1) is 24.5 Å². The van der Waals surface area contributed by atoms with Gasteiger partial charge in [-0.1, -0.05) is 54.1 Å². The van der Waals surface area contributed by atoms with Crippen LogP contribution in [0.1, 0.15) is 33.2 Å². The van der Waals surface area contributed by atoms with Crippen molar-refractivity contribution in [1.29, 1.82) is 0 Å². The Labute approximate surface area is 248 Å². The van der Waals surface area contributed by atoms with Gasteiger partial charge in [-0.25, -0.2) is 9.69 Å². The average Bonchev–Trinajstić information content (AvgIpc) is 3.50. The Morgan fingerprint density at radius 1 is 1.00 bits per heavy atom. The summed E-state index contributed by atoms with van der Waals surface area (Å²) in [7, 11) is 0. The zero-order valence-electron chi connectivity index (χ0n) is 22.9. The van der Waals surface area contributed by atoms with Gasteiger partial charge >= 0.3 is 6.03 Å². The third-order valence-corrected chi connectivity index (χ3v) is 8.66. The van der Waals surface area contributed by atoms with Gasteiger partial charge in [-0.15, -0.1) is 0 Å². The first kappa shape index (κ1) is 26.7. The monoisotopic (exact) mass is 583 g/mol. The molecule has 10 heteroatoms. The number of ether oxygens (including phenoxy) is 1. The van der Waals surface area contributed by atoms with E-state index in [0.29, 0.717) is 37.7 Å². The fraction of sp³-hybridized carbons (Fsp3) is 0.281. The Morgan fingerprint density at radius 2 is 1.79 bits per heavy atom. The van der Waals surface area contributed by atoms with Crippen LogP contribution >= 0.6 is 11.6 Å². The number of para-hydroxylation sites is 2. The maximum absolute atomic E-state index is 14.3. The Kier molecular flexibility index (Phi) is 6.93. The molecule has 2 saturated heterocycles. The number of urea groups is 1. The van der Waals surface area contributed by atoms with Crippen molar-refractivity contribution in [3.63, 3.8) is 0 Å². The van der Waals surface area contributed by atoms with Crippen LogP contribution in [0.5, 0.6) is 0 Å². The van der Waals surface area contributed by atoms with Crippen molar-refractivity contribution in [3.8, 4) is 0 Å². The van der Waals surface area contributed by atoms with Crippen LogP contribution in [0.4, 0.5) is 10.5 Å². The second-order valence-corrected chi connectivity index (χ2v) is 11.3. The molecule has 0 radical (unpaired) electrons. The standard InChI is InChI=1S/C32H30ClN5O4/c33-21-7-5-6-20(18-21)29-28-24(22-8-1-3-10-25(22)35-28)19-27-31(40)38(32(41)37(27)29)26-11-4-2-9-23(26)30(39)34-12-13-36-14-16-42-17-15-36/h1-11,18,27,29,35H,12-17,19H2,(H,34,39)/t27-,29+/m0/s1. The number of H-pyrrole nitrogens is 1. The molecule has 0 unspecified atom stereocenters. The van der Waals surface area contributed by atoms with Crippen molar-refractivity contribution in [1.82, 2.24) is 20.1 Å². The van der Waals surface area contributed by atoms with E-state index >= 15 is 0 Å². The minimum absolute atomic E-state index is 0.282. The summed E-state index contributed by atoms with van der Waals surface area (Å²) in [4.78, 5) is 50.3. The zero-order valence-corrected chi connectivity index (χ0v) is 23.6. The Balaban J connectivity index is 1.23. The number of nitrogens with zero attached hydrogens (tertiary/aromatic N) is 3. The average molecular weight is 584 g/mol. The first-order valence-corrected chi connectivity index (χ1v) is 14.6. The zero-order chi connectivity index (χ0) is 28.8. The van der Waals surface area contributed by atoms with E-state index in [1.165, 1.54) is 4.90 Å². The number of morpholine rings is 1. The van der Waals surface area contributed by atoms with Crippen molar-refractivity contribution in [2.24, 2.45) is 0 Å². The van der Waals surface area contributed by atoms with Crippen molar-refractivity contribution >= 4 is 46.0 Å². The molecule has 214 valence electrons. The third kappa shape index (κ3) is 4.54. The summed E-state index contributed by atoms with van der Waals surface area (Å²) in [6.07, 6.45) is 0.366. The van der Waals surface area contributed by atoms with Gasteiger partial charge in [-0.3, -0.25) is 19.4 Å². The summed E-state index contributed by atoms with van der Waals surface area (Å²) < 4.78 is 5.40. The number of amides is 4. The summed E-state index contributed by atoms with van der Waals surface area (Å²) in [5, 5.41) is 4.54. The molecular formula is C32H30ClN5O4. The lowest BCUT2D eigenvalue weighted by Gasteiger charge is -2.36. The van der Waals surface area contributed by atoms with E-state index in [-0.39, 0.29) is 23.1 Å². The molecule has 7 rings (SSSR count). The molecule has 0 spiro atoms. The molecule has 4 aromatic rings. The molecule has 3 aromatic carbocycles. The molecule has 2 N–H and O–H groups in total. The van der Waals surface area contributed by atoms with Crippen LogP contribution in [0.25, 0.3) is 10.9 Å². The predicted molar refractivity (Wildman–Crippen MR) is 160 cm³/mol. The highest BCUT2D eigenvalue weighted by Gasteiger charge is 2.53.